The Kier molecular flexibility index (Phi) is 6.71. The quantitative estimate of drug-likeness (QED) is 0.702. The average molecular weight is 368 g/mol. The first kappa shape index (κ1) is 19.4. The fourth-order valence-electron chi connectivity index (χ4n) is 2.15. The molecule has 0 aliphatic heterocycles. The molecule has 0 fully saturated rings. The van der Waals surface area contributed by atoms with Crippen LogP contribution in [0.3, 0.4) is 0 Å². The number of carbonyl (C=O) groups excluding carboxylic acids is 1. The van der Waals surface area contributed by atoms with Gasteiger partial charge in [-0.05, 0) is 36.4 Å². The highest BCUT2D eigenvalue weighted by Crippen LogP contribution is 2.34. The number of benzene rings is 2. The lowest BCUT2D eigenvalue weighted by Gasteiger charge is -2.14. The van der Waals surface area contributed by atoms with E-state index in [-0.39, 0.29) is 25.4 Å². The summed E-state index contributed by atoms with van der Waals surface area (Å²) in [4.78, 5) is 11.7. The fourth-order valence-corrected chi connectivity index (χ4v) is 2.15. The molecule has 0 aromatic heterocycles. The lowest BCUT2D eigenvalue weighted by Crippen LogP contribution is -2.33. The predicted octanol–water partition coefficient (Wildman–Crippen LogP) is 3.32. The molecule has 0 unspecified atom stereocenters. The summed E-state index contributed by atoms with van der Waals surface area (Å²) < 4.78 is 49.1. The van der Waals surface area contributed by atoms with Crippen LogP contribution >= 0.6 is 0 Å². The molecule has 2 N–H and O–H groups in total. The van der Waals surface area contributed by atoms with Crippen molar-refractivity contribution in [2.45, 2.75) is 6.18 Å². The molecule has 0 spiro atoms. The molecule has 26 heavy (non-hydrogen) atoms. The van der Waals surface area contributed by atoms with Crippen molar-refractivity contribution in [3.05, 3.63) is 54.1 Å². The van der Waals surface area contributed by atoms with Crippen molar-refractivity contribution >= 4 is 11.6 Å². The summed E-state index contributed by atoms with van der Waals surface area (Å²) in [6.45, 7) is 0.195. The number of para-hydroxylation sites is 1. The maximum Gasteiger partial charge on any atom is 0.418 e. The smallest absolute Gasteiger partial charge is 0.418 e. The number of anilines is 1. The standard InChI is InChI=1S/C18H19F3N2O3/c1-25-13-6-8-14(9-7-13)26-11-10-22-17(24)12-23-16-5-3-2-4-15(16)18(19,20)21/h2-9,23H,10-12H2,1H3,(H,22,24). The number of ether oxygens (including phenoxy) is 2. The molecule has 5 nitrogen and oxygen atoms in total. The normalized spacial score (nSPS) is 10.9. The maximum atomic E-state index is 12.9. The zero-order valence-corrected chi connectivity index (χ0v) is 14.1. The number of halogens is 3. The molecule has 2 rings (SSSR count). The highest BCUT2D eigenvalue weighted by Gasteiger charge is 2.33. The molecule has 0 aliphatic carbocycles. The zero-order chi connectivity index (χ0) is 19.0. The molecule has 0 saturated heterocycles. The third-order valence-electron chi connectivity index (χ3n) is 3.42. The summed E-state index contributed by atoms with van der Waals surface area (Å²) in [6, 6.07) is 12.0. The number of alkyl halides is 3. The molecule has 2 aromatic rings. The van der Waals surface area contributed by atoms with Crippen LogP contribution in [-0.2, 0) is 11.0 Å². The SMILES string of the molecule is COc1ccc(OCCNC(=O)CNc2ccccc2C(F)(F)F)cc1. The van der Waals surface area contributed by atoms with Crippen molar-refractivity contribution < 1.29 is 27.4 Å². The Bertz CT molecular complexity index is 718. The lowest BCUT2D eigenvalue weighted by atomic mass is 10.1. The van der Waals surface area contributed by atoms with E-state index in [9.17, 15) is 18.0 Å². The van der Waals surface area contributed by atoms with Gasteiger partial charge in [0.05, 0.1) is 25.8 Å². The van der Waals surface area contributed by atoms with Crippen LogP contribution in [0.5, 0.6) is 11.5 Å². The minimum Gasteiger partial charge on any atom is -0.497 e. The molecule has 0 radical (unpaired) electrons. The number of methoxy groups -OCH3 is 1. The second-order valence-corrected chi connectivity index (χ2v) is 5.27. The van der Waals surface area contributed by atoms with Gasteiger partial charge in [0.2, 0.25) is 5.91 Å². The maximum absolute atomic E-state index is 12.9. The van der Waals surface area contributed by atoms with E-state index in [2.05, 4.69) is 10.6 Å². The molecular formula is C18H19F3N2O3. The molecule has 140 valence electrons. The van der Waals surface area contributed by atoms with Gasteiger partial charge in [-0.2, -0.15) is 13.2 Å². The topological polar surface area (TPSA) is 59.6 Å². The zero-order valence-electron chi connectivity index (χ0n) is 14.1. The number of hydrogen-bond donors (Lipinski definition) is 2. The summed E-state index contributed by atoms with van der Waals surface area (Å²) in [7, 11) is 1.56. The first-order chi connectivity index (χ1) is 12.4. The van der Waals surface area contributed by atoms with E-state index in [1.54, 1.807) is 31.4 Å². The van der Waals surface area contributed by atoms with Crippen molar-refractivity contribution in [2.75, 3.05) is 32.1 Å². The Morgan fingerprint density at radius 1 is 1.04 bits per heavy atom. The third-order valence-corrected chi connectivity index (χ3v) is 3.42. The highest BCUT2D eigenvalue weighted by atomic mass is 19.4. The van der Waals surface area contributed by atoms with Gasteiger partial charge < -0.3 is 20.1 Å². The fraction of sp³-hybridized carbons (Fsp3) is 0.278. The summed E-state index contributed by atoms with van der Waals surface area (Å²) in [5.74, 6) is 0.897. The van der Waals surface area contributed by atoms with Gasteiger partial charge in [-0.15, -0.1) is 0 Å². The molecule has 8 heteroatoms. The van der Waals surface area contributed by atoms with E-state index in [1.807, 2.05) is 0 Å². The Hall–Kier alpha value is -2.90. The van der Waals surface area contributed by atoms with Gasteiger partial charge in [-0.1, -0.05) is 12.1 Å². The van der Waals surface area contributed by atoms with Gasteiger partial charge >= 0.3 is 6.18 Å². The van der Waals surface area contributed by atoms with Crippen molar-refractivity contribution in [2.24, 2.45) is 0 Å². The van der Waals surface area contributed by atoms with Crippen LogP contribution in [0.15, 0.2) is 48.5 Å². The predicted molar refractivity (Wildman–Crippen MR) is 91.4 cm³/mol. The van der Waals surface area contributed by atoms with E-state index >= 15 is 0 Å². The van der Waals surface area contributed by atoms with Gasteiger partial charge in [-0.25, -0.2) is 0 Å². The van der Waals surface area contributed by atoms with Gasteiger partial charge in [0.1, 0.15) is 18.1 Å². The Labute approximate surface area is 149 Å². The molecule has 0 saturated carbocycles. The Morgan fingerprint density at radius 2 is 1.69 bits per heavy atom. The van der Waals surface area contributed by atoms with Crippen molar-refractivity contribution in [1.29, 1.82) is 0 Å². The van der Waals surface area contributed by atoms with Crippen molar-refractivity contribution in [3.8, 4) is 11.5 Å². The number of amides is 1. The van der Waals surface area contributed by atoms with Crippen molar-refractivity contribution in [1.82, 2.24) is 5.32 Å². The number of nitrogens with one attached hydrogen (secondary N) is 2. The molecular weight excluding hydrogens is 349 g/mol. The molecule has 0 heterocycles. The van der Waals surface area contributed by atoms with Crippen LogP contribution in [-0.4, -0.2) is 32.7 Å². The van der Waals surface area contributed by atoms with Crippen LogP contribution in [0.4, 0.5) is 18.9 Å². The molecule has 1 amide bonds. The van der Waals surface area contributed by atoms with E-state index in [1.165, 1.54) is 18.2 Å². The first-order valence-corrected chi connectivity index (χ1v) is 7.84. The lowest BCUT2D eigenvalue weighted by molar-refractivity contribution is -0.137. The monoisotopic (exact) mass is 368 g/mol. The van der Waals surface area contributed by atoms with Gasteiger partial charge in [-0.3, -0.25) is 4.79 Å². The average Bonchev–Trinajstić information content (AvgIpc) is 2.63. The Balaban J connectivity index is 1.72. The summed E-state index contributed by atoms with van der Waals surface area (Å²) >= 11 is 0. The van der Waals surface area contributed by atoms with Crippen LogP contribution in [0, 0.1) is 0 Å². The first-order valence-electron chi connectivity index (χ1n) is 7.84. The summed E-state index contributed by atoms with van der Waals surface area (Å²) in [5, 5.41) is 5.08. The molecule has 0 aliphatic rings. The minimum absolute atomic E-state index is 0.135. The minimum atomic E-state index is -4.48. The number of carbonyl (C=O) groups is 1. The number of hydrogen-bond acceptors (Lipinski definition) is 4. The van der Waals surface area contributed by atoms with E-state index < -0.39 is 17.6 Å². The highest BCUT2D eigenvalue weighted by molar-refractivity contribution is 5.81. The van der Waals surface area contributed by atoms with Crippen molar-refractivity contribution in [3.63, 3.8) is 0 Å². The van der Waals surface area contributed by atoms with Gasteiger partial charge in [0, 0.05) is 5.69 Å². The van der Waals surface area contributed by atoms with E-state index in [0.717, 1.165) is 6.07 Å². The Morgan fingerprint density at radius 3 is 2.35 bits per heavy atom. The van der Waals surface area contributed by atoms with Gasteiger partial charge in [0.15, 0.2) is 0 Å². The molecule has 0 bridgehead atoms. The summed E-state index contributed by atoms with van der Waals surface area (Å²) in [5.41, 5.74) is -0.944. The van der Waals surface area contributed by atoms with Crippen LogP contribution in [0.1, 0.15) is 5.56 Å². The second-order valence-electron chi connectivity index (χ2n) is 5.27. The van der Waals surface area contributed by atoms with Crippen LogP contribution < -0.4 is 20.1 Å². The summed E-state index contributed by atoms with van der Waals surface area (Å²) in [6.07, 6.45) is -4.48. The van der Waals surface area contributed by atoms with E-state index in [4.69, 9.17) is 9.47 Å². The number of rotatable bonds is 8. The molecule has 2 aromatic carbocycles. The largest absolute Gasteiger partial charge is 0.497 e. The second kappa shape index (κ2) is 8.98. The van der Waals surface area contributed by atoms with Crippen LogP contribution in [0.2, 0.25) is 0 Å². The third kappa shape index (κ3) is 5.87. The van der Waals surface area contributed by atoms with E-state index in [0.29, 0.717) is 11.5 Å². The van der Waals surface area contributed by atoms with Crippen LogP contribution in [0.25, 0.3) is 0 Å². The molecule has 0 atom stereocenters. The van der Waals surface area contributed by atoms with Gasteiger partial charge in [0.25, 0.3) is 0 Å².